The van der Waals surface area contributed by atoms with Crippen LogP contribution in [0.25, 0.3) is 0 Å². The third-order valence-electron chi connectivity index (χ3n) is 2.67. The number of urea groups is 1. The number of aromatic amines is 1. The van der Waals surface area contributed by atoms with Crippen LogP contribution in [0.2, 0.25) is 0 Å². The number of hydrogen-bond acceptors (Lipinski definition) is 2. The molecule has 5 nitrogen and oxygen atoms in total. The Bertz CT molecular complexity index is 309. The zero-order chi connectivity index (χ0) is 9.97. The molecule has 1 aliphatic rings. The normalized spacial score (nSPS) is 22.3. The Labute approximate surface area is 82.3 Å². The average Bonchev–Trinajstić information content (AvgIpc) is 2.70. The quantitative estimate of drug-likeness (QED) is 0.700. The molecule has 0 bridgehead atoms. The molecule has 1 saturated heterocycles. The summed E-state index contributed by atoms with van der Waals surface area (Å²) < 4.78 is 0. The summed E-state index contributed by atoms with van der Waals surface area (Å²) in [6.07, 6.45) is 4.83. The Kier molecular flexibility index (Phi) is 2.39. The standard InChI is InChI=1S/C9H14N4O/c10-9(14)13-6-2-1-3-8(13)7-4-5-11-12-7/h4-5,8H,1-3,6H2,(H2,10,14)(H,11,12). The lowest BCUT2D eigenvalue weighted by Crippen LogP contribution is -2.41. The molecule has 0 radical (unpaired) electrons. The number of H-pyrrole nitrogens is 1. The molecular formula is C9H14N4O. The number of carbonyl (C=O) groups excluding carboxylic acids is 1. The molecule has 0 aromatic carbocycles. The molecule has 1 aliphatic heterocycles. The van der Waals surface area contributed by atoms with Crippen molar-refractivity contribution in [3.63, 3.8) is 0 Å². The smallest absolute Gasteiger partial charge is 0.315 e. The lowest BCUT2D eigenvalue weighted by Gasteiger charge is -2.33. The number of hydrogen-bond donors (Lipinski definition) is 2. The number of amides is 2. The van der Waals surface area contributed by atoms with Crippen molar-refractivity contribution in [2.75, 3.05) is 6.54 Å². The average molecular weight is 194 g/mol. The highest BCUT2D eigenvalue weighted by Gasteiger charge is 2.27. The number of nitrogens with one attached hydrogen (secondary N) is 1. The van der Waals surface area contributed by atoms with Crippen LogP contribution in [-0.2, 0) is 0 Å². The molecule has 2 rings (SSSR count). The first-order valence-corrected chi connectivity index (χ1v) is 4.84. The van der Waals surface area contributed by atoms with Crippen LogP contribution in [-0.4, -0.2) is 27.7 Å². The van der Waals surface area contributed by atoms with E-state index in [2.05, 4.69) is 10.2 Å². The Hall–Kier alpha value is -1.52. The van der Waals surface area contributed by atoms with Gasteiger partial charge in [0.25, 0.3) is 0 Å². The first-order valence-electron chi connectivity index (χ1n) is 4.84. The van der Waals surface area contributed by atoms with Crippen LogP contribution in [0.1, 0.15) is 31.0 Å². The predicted octanol–water partition coefficient (Wildman–Crippen LogP) is 1.02. The highest BCUT2D eigenvalue weighted by molar-refractivity contribution is 5.72. The van der Waals surface area contributed by atoms with Gasteiger partial charge in [0.15, 0.2) is 0 Å². The molecule has 5 heteroatoms. The lowest BCUT2D eigenvalue weighted by molar-refractivity contribution is 0.158. The van der Waals surface area contributed by atoms with Gasteiger partial charge in [0, 0.05) is 12.7 Å². The van der Waals surface area contributed by atoms with Gasteiger partial charge < -0.3 is 10.6 Å². The minimum Gasteiger partial charge on any atom is -0.351 e. The first kappa shape index (κ1) is 9.05. The summed E-state index contributed by atoms with van der Waals surface area (Å²) >= 11 is 0. The summed E-state index contributed by atoms with van der Waals surface area (Å²) in [6, 6.07) is 1.64. The summed E-state index contributed by atoms with van der Waals surface area (Å²) in [4.78, 5) is 12.9. The summed E-state index contributed by atoms with van der Waals surface area (Å²) in [5, 5.41) is 6.78. The van der Waals surface area contributed by atoms with E-state index in [-0.39, 0.29) is 12.1 Å². The van der Waals surface area contributed by atoms with Crippen molar-refractivity contribution in [2.45, 2.75) is 25.3 Å². The molecule has 1 unspecified atom stereocenters. The maximum atomic E-state index is 11.2. The molecule has 1 aromatic rings. The summed E-state index contributed by atoms with van der Waals surface area (Å²) in [7, 11) is 0. The van der Waals surface area contributed by atoms with Gasteiger partial charge in [-0.2, -0.15) is 5.10 Å². The van der Waals surface area contributed by atoms with Crippen molar-refractivity contribution in [1.82, 2.24) is 15.1 Å². The fraction of sp³-hybridized carbons (Fsp3) is 0.556. The minimum absolute atomic E-state index is 0.0868. The second kappa shape index (κ2) is 3.69. The molecule has 1 atom stereocenters. The topological polar surface area (TPSA) is 75.0 Å². The first-order chi connectivity index (χ1) is 6.79. The number of piperidine rings is 1. The number of aromatic nitrogens is 2. The van der Waals surface area contributed by atoms with Gasteiger partial charge in [-0.3, -0.25) is 5.10 Å². The van der Waals surface area contributed by atoms with Gasteiger partial charge in [0.1, 0.15) is 0 Å². The summed E-state index contributed by atoms with van der Waals surface area (Å²) in [6.45, 7) is 0.749. The second-order valence-corrected chi connectivity index (χ2v) is 3.56. The van der Waals surface area contributed by atoms with Crippen molar-refractivity contribution in [1.29, 1.82) is 0 Å². The molecule has 2 heterocycles. The minimum atomic E-state index is -0.343. The fourth-order valence-electron chi connectivity index (χ4n) is 1.97. The van der Waals surface area contributed by atoms with Gasteiger partial charge in [0.05, 0.1) is 11.7 Å². The van der Waals surface area contributed by atoms with E-state index in [1.165, 1.54) is 0 Å². The molecule has 0 spiro atoms. The van der Waals surface area contributed by atoms with Gasteiger partial charge >= 0.3 is 6.03 Å². The molecule has 14 heavy (non-hydrogen) atoms. The molecular weight excluding hydrogens is 180 g/mol. The van der Waals surface area contributed by atoms with E-state index in [1.54, 1.807) is 11.1 Å². The Balaban J connectivity index is 2.18. The van der Waals surface area contributed by atoms with Crippen molar-refractivity contribution >= 4 is 6.03 Å². The van der Waals surface area contributed by atoms with Gasteiger partial charge in [-0.25, -0.2) is 4.79 Å². The fourth-order valence-corrected chi connectivity index (χ4v) is 1.97. The van der Waals surface area contributed by atoms with Crippen LogP contribution in [0.15, 0.2) is 12.3 Å². The van der Waals surface area contributed by atoms with E-state index < -0.39 is 0 Å². The lowest BCUT2D eigenvalue weighted by atomic mass is 10.00. The predicted molar refractivity (Wildman–Crippen MR) is 51.5 cm³/mol. The zero-order valence-corrected chi connectivity index (χ0v) is 7.94. The van der Waals surface area contributed by atoms with Gasteiger partial charge in [-0.1, -0.05) is 0 Å². The van der Waals surface area contributed by atoms with Crippen molar-refractivity contribution in [3.05, 3.63) is 18.0 Å². The molecule has 3 N–H and O–H groups in total. The van der Waals surface area contributed by atoms with E-state index >= 15 is 0 Å². The van der Waals surface area contributed by atoms with Crippen LogP contribution in [0.3, 0.4) is 0 Å². The van der Waals surface area contributed by atoms with E-state index in [1.807, 2.05) is 6.07 Å². The number of likely N-dealkylation sites (tertiary alicyclic amines) is 1. The Morgan fingerprint density at radius 1 is 1.64 bits per heavy atom. The van der Waals surface area contributed by atoms with E-state index in [4.69, 9.17) is 5.73 Å². The second-order valence-electron chi connectivity index (χ2n) is 3.56. The largest absolute Gasteiger partial charge is 0.351 e. The molecule has 1 fully saturated rings. The van der Waals surface area contributed by atoms with Crippen LogP contribution in [0, 0.1) is 0 Å². The van der Waals surface area contributed by atoms with Crippen LogP contribution >= 0.6 is 0 Å². The molecule has 76 valence electrons. The maximum Gasteiger partial charge on any atom is 0.315 e. The summed E-state index contributed by atoms with van der Waals surface area (Å²) in [5.74, 6) is 0. The van der Waals surface area contributed by atoms with E-state index in [9.17, 15) is 4.79 Å². The van der Waals surface area contributed by atoms with Crippen molar-refractivity contribution < 1.29 is 4.79 Å². The number of carbonyl (C=O) groups is 1. The van der Waals surface area contributed by atoms with Crippen LogP contribution in [0.5, 0.6) is 0 Å². The SMILES string of the molecule is NC(=O)N1CCCCC1c1ccn[nH]1. The van der Waals surface area contributed by atoms with Gasteiger partial charge in [-0.15, -0.1) is 0 Å². The highest BCUT2D eigenvalue weighted by atomic mass is 16.2. The third kappa shape index (κ3) is 1.57. The summed E-state index contributed by atoms with van der Waals surface area (Å²) in [5.41, 5.74) is 6.29. The van der Waals surface area contributed by atoms with Crippen molar-refractivity contribution in [2.24, 2.45) is 5.73 Å². The number of rotatable bonds is 1. The number of primary amides is 1. The Morgan fingerprint density at radius 3 is 3.14 bits per heavy atom. The molecule has 2 amide bonds. The monoisotopic (exact) mass is 194 g/mol. The van der Waals surface area contributed by atoms with Gasteiger partial charge in [0.2, 0.25) is 0 Å². The van der Waals surface area contributed by atoms with Crippen molar-refractivity contribution in [3.8, 4) is 0 Å². The zero-order valence-electron chi connectivity index (χ0n) is 7.94. The van der Waals surface area contributed by atoms with Gasteiger partial charge in [-0.05, 0) is 25.3 Å². The van der Waals surface area contributed by atoms with E-state index in [0.29, 0.717) is 0 Å². The Morgan fingerprint density at radius 2 is 2.50 bits per heavy atom. The molecule has 0 saturated carbocycles. The molecule has 1 aromatic heterocycles. The highest BCUT2D eigenvalue weighted by Crippen LogP contribution is 2.28. The van der Waals surface area contributed by atoms with Crippen LogP contribution in [0.4, 0.5) is 4.79 Å². The maximum absolute atomic E-state index is 11.2. The number of nitrogens with two attached hydrogens (primary N) is 1. The van der Waals surface area contributed by atoms with Crippen LogP contribution < -0.4 is 5.73 Å². The van der Waals surface area contributed by atoms with E-state index in [0.717, 1.165) is 31.5 Å². The third-order valence-corrected chi connectivity index (χ3v) is 2.67. The number of nitrogens with zero attached hydrogens (tertiary/aromatic N) is 2. The molecule has 0 aliphatic carbocycles.